The van der Waals surface area contributed by atoms with E-state index in [0.29, 0.717) is 0 Å². The maximum absolute atomic E-state index is 6.32. The number of nitrogens with one attached hydrogen (secondary N) is 1. The summed E-state index contributed by atoms with van der Waals surface area (Å²) >= 11 is 0. The summed E-state index contributed by atoms with van der Waals surface area (Å²) in [4.78, 5) is 0. The molecule has 0 aromatic heterocycles. The van der Waals surface area contributed by atoms with Gasteiger partial charge >= 0.3 is 0 Å². The van der Waals surface area contributed by atoms with E-state index < -0.39 is 0 Å². The Morgan fingerprint density at radius 1 is 0.875 bits per heavy atom. The van der Waals surface area contributed by atoms with Crippen LogP contribution < -0.4 is 20.5 Å². The fourth-order valence-electron chi connectivity index (χ4n) is 2.26. The maximum Gasteiger partial charge on any atom is 0.118 e. The van der Waals surface area contributed by atoms with E-state index in [4.69, 9.17) is 15.2 Å². The van der Waals surface area contributed by atoms with Gasteiger partial charge in [-0.3, -0.25) is 0 Å². The largest absolute Gasteiger partial charge is 0.497 e. The second-order valence-corrected chi connectivity index (χ2v) is 5.32. The Morgan fingerprint density at radius 2 is 1.33 bits per heavy atom. The Hall–Kier alpha value is -2.04. The summed E-state index contributed by atoms with van der Waals surface area (Å²) in [6, 6.07) is 16.0. The third-order valence-corrected chi connectivity index (χ3v) is 3.83. The summed E-state index contributed by atoms with van der Waals surface area (Å²) in [7, 11) is 3.33. The summed E-state index contributed by atoms with van der Waals surface area (Å²) in [5, 5.41) is 3.47. The minimum atomic E-state index is -0.0656. The minimum absolute atomic E-state index is 0.0656. The molecule has 0 aliphatic heterocycles. The molecule has 132 valence electrons. The molecule has 2 rings (SSSR count). The number of benzene rings is 2. The molecule has 0 heterocycles. The average Bonchev–Trinajstić information content (AvgIpc) is 2.67. The lowest BCUT2D eigenvalue weighted by Crippen LogP contribution is -2.36. The van der Waals surface area contributed by atoms with E-state index in [2.05, 4.69) is 24.4 Å². The van der Waals surface area contributed by atoms with Gasteiger partial charge in [-0.05, 0) is 42.3 Å². The molecule has 3 N–H and O–H groups in total. The van der Waals surface area contributed by atoms with E-state index >= 15 is 0 Å². The summed E-state index contributed by atoms with van der Waals surface area (Å²) in [5.74, 6) is 1.71. The van der Waals surface area contributed by atoms with Crippen molar-refractivity contribution in [2.24, 2.45) is 5.73 Å². The highest BCUT2D eigenvalue weighted by molar-refractivity contribution is 5.30. The normalized spacial score (nSPS) is 12.6. The molecule has 0 saturated carbocycles. The van der Waals surface area contributed by atoms with Crippen molar-refractivity contribution in [2.45, 2.75) is 39.4 Å². The van der Waals surface area contributed by atoms with Crippen LogP contribution in [0.1, 0.15) is 37.9 Å². The molecule has 4 heteroatoms. The van der Waals surface area contributed by atoms with Gasteiger partial charge in [0.05, 0.1) is 14.2 Å². The first kappa shape index (κ1) is 20.0. The minimum Gasteiger partial charge on any atom is -0.497 e. The zero-order valence-electron chi connectivity index (χ0n) is 15.4. The van der Waals surface area contributed by atoms with Crippen LogP contribution in [0.25, 0.3) is 0 Å². The number of ether oxygens (including phenoxy) is 2. The maximum atomic E-state index is 6.32. The lowest BCUT2D eigenvalue weighted by Gasteiger charge is -2.22. The standard InChI is InChI=1S/C18H24N2O2.C2H6/c1-13(18(19)15-6-10-17(22-3)11-7-15)20-12-14-4-8-16(21-2)9-5-14;1-2/h4-11,13,18,20H,12,19H2,1-3H3;1-2H3/t13-,18-;/m1./s1. The van der Waals surface area contributed by atoms with Crippen LogP contribution in [0.5, 0.6) is 11.5 Å². The van der Waals surface area contributed by atoms with Gasteiger partial charge in [-0.15, -0.1) is 0 Å². The van der Waals surface area contributed by atoms with Crippen LogP contribution in [0.2, 0.25) is 0 Å². The number of nitrogens with two attached hydrogens (primary N) is 1. The molecule has 0 unspecified atom stereocenters. The van der Waals surface area contributed by atoms with E-state index in [9.17, 15) is 0 Å². The molecule has 0 aliphatic carbocycles. The first-order chi connectivity index (χ1) is 11.6. The quantitative estimate of drug-likeness (QED) is 0.808. The van der Waals surface area contributed by atoms with Crippen LogP contribution in [0, 0.1) is 0 Å². The summed E-state index contributed by atoms with van der Waals surface area (Å²) in [6.07, 6.45) is 0. The van der Waals surface area contributed by atoms with Gasteiger partial charge < -0.3 is 20.5 Å². The molecule has 0 spiro atoms. The average molecular weight is 330 g/mol. The Bertz CT molecular complexity index is 567. The zero-order valence-corrected chi connectivity index (χ0v) is 15.4. The number of hydrogen-bond donors (Lipinski definition) is 2. The van der Waals surface area contributed by atoms with Crippen LogP contribution in [-0.2, 0) is 6.54 Å². The van der Waals surface area contributed by atoms with Crippen molar-refractivity contribution in [3.8, 4) is 11.5 Å². The molecule has 0 radical (unpaired) electrons. The molecule has 0 fully saturated rings. The molecular weight excluding hydrogens is 300 g/mol. The highest BCUT2D eigenvalue weighted by Gasteiger charge is 2.14. The zero-order chi connectivity index (χ0) is 17.9. The van der Waals surface area contributed by atoms with E-state index in [1.54, 1.807) is 14.2 Å². The number of methoxy groups -OCH3 is 2. The van der Waals surface area contributed by atoms with Gasteiger partial charge in [-0.2, -0.15) is 0 Å². The van der Waals surface area contributed by atoms with Crippen LogP contribution in [0.4, 0.5) is 0 Å². The SMILES string of the molecule is CC.COc1ccc(CN[C@H](C)[C@@H](N)c2ccc(OC)cc2)cc1. The molecule has 0 bridgehead atoms. The fourth-order valence-corrected chi connectivity index (χ4v) is 2.26. The lowest BCUT2D eigenvalue weighted by molar-refractivity contribution is 0.413. The Morgan fingerprint density at radius 3 is 1.79 bits per heavy atom. The van der Waals surface area contributed by atoms with Crippen molar-refractivity contribution in [1.29, 1.82) is 0 Å². The summed E-state index contributed by atoms with van der Waals surface area (Å²) in [6.45, 7) is 6.87. The molecule has 24 heavy (non-hydrogen) atoms. The van der Waals surface area contributed by atoms with Gasteiger partial charge in [0.15, 0.2) is 0 Å². The molecule has 0 amide bonds. The molecular formula is C20H30N2O2. The topological polar surface area (TPSA) is 56.5 Å². The molecule has 2 aromatic rings. The van der Waals surface area contributed by atoms with Crippen molar-refractivity contribution >= 4 is 0 Å². The predicted octanol–water partition coefficient (Wildman–Crippen LogP) is 3.91. The van der Waals surface area contributed by atoms with Crippen LogP contribution >= 0.6 is 0 Å². The van der Waals surface area contributed by atoms with E-state index in [-0.39, 0.29) is 12.1 Å². The number of hydrogen-bond acceptors (Lipinski definition) is 4. The van der Waals surface area contributed by atoms with Crippen LogP contribution in [0.3, 0.4) is 0 Å². The number of rotatable bonds is 7. The third-order valence-electron chi connectivity index (χ3n) is 3.83. The molecule has 0 saturated heterocycles. The molecule has 0 aliphatic rings. The van der Waals surface area contributed by atoms with Crippen molar-refractivity contribution in [1.82, 2.24) is 5.32 Å². The predicted molar refractivity (Wildman–Crippen MR) is 101 cm³/mol. The monoisotopic (exact) mass is 330 g/mol. The second kappa shape index (κ2) is 10.7. The molecule has 2 atom stereocenters. The smallest absolute Gasteiger partial charge is 0.118 e. The van der Waals surface area contributed by atoms with Crippen LogP contribution in [-0.4, -0.2) is 20.3 Å². The van der Waals surface area contributed by atoms with Gasteiger partial charge in [-0.1, -0.05) is 38.1 Å². The van der Waals surface area contributed by atoms with Gasteiger partial charge in [0.25, 0.3) is 0 Å². The summed E-state index contributed by atoms with van der Waals surface area (Å²) in [5.41, 5.74) is 8.61. The van der Waals surface area contributed by atoms with Crippen molar-refractivity contribution < 1.29 is 9.47 Å². The Balaban J connectivity index is 0.00000139. The molecule has 2 aromatic carbocycles. The van der Waals surface area contributed by atoms with E-state index in [1.807, 2.05) is 50.2 Å². The van der Waals surface area contributed by atoms with Crippen LogP contribution in [0.15, 0.2) is 48.5 Å². The van der Waals surface area contributed by atoms with E-state index in [1.165, 1.54) is 5.56 Å². The first-order valence-electron chi connectivity index (χ1n) is 8.40. The van der Waals surface area contributed by atoms with Gasteiger partial charge in [0, 0.05) is 18.6 Å². The van der Waals surface area contributed by atoms with Crippen molar-refractivity contribution in [2.75, 3.05) is 14.2 Å². The van der Waals surface area contributed by atoms with Gasteiger partial charge in [0.2, 0.25) is 0 Å². The lowest BCUT2D eigenvalue weighted by atomic mass is 10.0. The molecule has 4 nitrogen and oxygen atoms in total. The highest BCUT2D eigenvalue weighted by Crippen LogP contribution is 2.19. The Kier molecular flexibility index (Phi) is 8.90. The van der Waals surface area contributed by atoms with Gasteiger partial charge in [-0.25, -0.2) is 0 Å². The van der Waals surface area contributed by atoms with Crippen molar-refractivity contribution in [3.05, 3.63) is 59.7 Å². The highest BCUT2D eigenvalue weighted by atomic mass is 16.5. The second-order valence-electron chi connectivity index (χ2n) is 5.32. The Labute approximate surface area is 146 Å². The van der Waals surface area contributed by atoms with Crippen molar-refractivity contribution in [3.63, 3.8) is 0 Å². The first-order valence-corrected chi connectivity index (χ1v) is 8.40. The fraction of sp³-hybridized carbons (Fsp3) is 0.400. The third kappa shape index (κ3) is 5.87. The van der Waals surface area contributed by atoms with E-state index in [0.717, 1.165) is 23.6 Å². The van der Waals surface area contributed by atoms with Gasteiger partial charge in [0.1, 0.15) is 11.5 Å². The summed E-state index contributed by atoms with van der Waals surface area (Å²) < 4.78 is 10.3.